The zero-order chi connectivity index (χ0) is 25.5. The number of aryl methyl sites for hydroxylation is 2. The predicted octanol–water partition coefficient (Wildman–Crippen LogP) is 3.66. The molecule has 0 radical (unpaired) electrons. The van der Waals surface area contributed by atoms with Crippen molar-refractivity contribution in [2.45, 2.75) is 70.9 Å². The van der Waals surface area contributed by atoms with E-state index in [1.54, 1.807) is 12.1 Å². The van der Waals surface area contributed by atoms with E-state index >= 15 is 0 Å². The first kappa shape index (κ1) is 25.9. The summed E-state index contributed by atoms with van der Waals surface area (Å²) in [5.74, 6) is -0.0949. The first-order valence-corrected chi connectivity index (χ1v) is 13.3. The third kappa shape index (κ3) is 6.31. The van der Waals surface area contributed by atoms with Gasteiger partial charge in [-0.25, -0.2) is 0 Å². The van der Waals surface area contributed by atoms with Crippen LogP contribution in [0.25, 0.3) is 0 Å². The molecule has 2 bridgehead atoms. The highest BCUT2D eigenvalue weighted by Crippen LogP contribution is 2.39. The lowest BCUT2D eigenvalue weighted by Crippen LogP contribution is -2.62. The fourth-order valence-electron chi connectivity index (χ4n) is 5.59. The first-order chi connectivity index (χ1) is 17.5. The largest absolute Gasteiger partial charge is 0.356 e. The molecule has 1 aromatic carbocycles. The molecule has 3 aliphatic rings. The van der Waals surface area contributed by atoms with E-state index in [1.165, 1.54) is 5.56 Å². The Kier molecular flexibility index (Phi) is 8.73. The molecule has 3 fully saturated rings. The molecule has 36 heavy (non-hydrogen) atoms. The van der Waals surface area contributed by atoms with Crippen LogP contribution in [0.3, 0.4) is 0 Å². The molecule has 192 valence electrons. The molecule has 7 heteroatoms. The second-order valence-corrected chi connectivity index (χ2v) is 10.2. The normalized spacial score (nSPS) is 21.6. The summed E-state index contributed by atoms with van der Waals surface area (Å²) in [4.78, 5) is 45.8. The summed E-state index contributed by atoms with van der Waals surface area (Å²) in [6, 6.07) is 12.4. The second kappa shape index (κ2) is 12.2. The molecule has 0 spiro atoms. The van der Waals surface area contributed by atoms with Crippen molar-refractivity contribution in [2.75, 3.05) is 13.1 Å². The highest BCUT2D eigenvalue weighted by molar-refractivity contribution is 5.97. The van der Waals surface area contributed by atoms with Crippen LogP contribution in [0.5, 0.6) is 0 Å². The maximum Gasteiger partial charge on any atom is 0.251 e. The lowest BCUT2D eigenvalue weighted by Gasteiger charge is -2.50. The van der Waals surface area contributed by atoms with Crippen molar-refractivity contribution in [2.24, 2.45) is 11.8 Å². The Morgan fingerprint density at radius 1 is 1.11 bits per heavy atom. The number of hydrogen-bond acceptors (Lipinski definition) is 4. The number of pyridine rings is 1. The van der Waals surface area contributed by atoms with E-state index in [1.807, 2.05) is 49.2 Å². The molecule has 4 atom stereocenters. The molecule has 2 N–H and O–H groups in total. The number of fused-ring (bicyclic) bond motifs is 3. The molecular formula is C29H38N4O3. The standard InChI is InChI=1S/C29H38N4O3/c1-3-8-25(32-27(34)23-10-5-4-6-11-23)29(36)33-19-22-14-15-26(33)24(17-22)28(35)30-16-7-9-21-13-12-20(2)31-18-21/h4-6,10-13,18,22,24-26H,3,7-9,14-17,19H2,1-2H3,(H,30,35)(H,32,34)/t22-,24-,25+,26+/m1/s1. The molecular weight excluding hydrogens is 452 g/mol. The van der Waals surface area contributed by atoms with Gasteiger partial charge in [0, 0.05) is 36.6 Å². The molecule has 2 saturated heterocycles. The predicted molar refractivity (Wildman–Crippen MR) is 139 cm³/mol. The molecule has 1 aromatic heterocycles. The fraction of sp³-hybridized carbons (Fsp3) is 0.517. The average molecular weight is 491 g/mol. The summed E-state index contributed by atoms with van der Waals surface area (Å²) in [5.41, 5.74) is 2.72. The van der Waals surface area contributed by atoms with Crippen molar-refractivity contribution in [1.82, 2.24) is 20.5 Å². The second-order valence-electron chi connectivity index (χ2n) is 10.2. The van der Waals surface area contributed by atoms with Crippen molar-refractivity contribution < 1.29 is 14.4 Å². The van der Waals surface area contributed by atoms with Crippen molar-refractivity contribution in [3.05, 3.63) is 65.5 Å². The van der Waals surface area contributed by atoms with E-state index in [9.17, 15) is 14.4 Å². The summed E-state index contributed by atoms with van der Waals surface area (Å²) >= 11 is 0. The van der Waals surface area contributed by atoms with E-state index in [4.69, 9.17) is 0 Å². The Morgan fingerprint density at radius 3 is 2.61 bits per heavy atom. The number of nitrogens with one attached hydrogen (secondary N) is 2. The van der Waals surface area contributed by atoms with Gasteiger partial charge in [0.05, 0.1) is 5.92 Å². The smallest absolute Gasteiger partial charge is 0.251 e. The van der Waals surface area contributed by atoms with Gasteiger partial charge in [-0.05, 0) is 75.1 Å². The first-order valence-electron chi connectivity index (χ1n) is 13.3. The summed E-state index contributed by atoms with van der Waals surface area (Å²) < 4.78 is 0. The SMILES string of the molecule is CCC[C@H](NC(=O)c1ccccc1)C(=O)N1C[C@@H]2CC[C@H]1[C@H](C(=O)NCCCc1ccc(C)nc1)C2. The maximum atomic E-state index is 13.6. The maximum absolute atomic E-state index is 13.6. The lowest BCUT2D eigenvalue weighted by atomic mass is 9.72. The van der Waals surface area contributed by atoms with Crippen LogP contribution in [0.1, 0.15) is 67.1 Å². The van der Waals surface area contributed by atoms with Crippen molar-refractivity contribution >= 4 is 17.7 Å². The van der Waals surface area contributed by atoms with Crippen LogP contribution in [-0.4, -0.2) is 52.8 Å². The molecule has 3 heterocycles. The molecule has 2 aliphatic heterocycles. The highest BCUT2D eigenvalue weighted by atomic mass is 16.2. The van der Waals surface area contributed by atoms with Crippen molar-refractivity contribution in [1.29, 1.82) is 0 Å². The van der Waals surface area contributed by atoms with Gasteiger partial charge in [0.25, 0.3) is 5.91 Å². The van der Waals surface area contributed by atoms with Gasteiger partial charge in [-0.2, -0.15) is 0 Å². The summed E-state index contributed by atoms with van der Waals surface area (Å²) in [6.45, 7) is 5.27. The monoisotopic (exact) mass is 490 g/mol. The number of piperidine rings is 2. The molecule has 2 aromatic rings. The molecule has 5 rings (SSSR count). The molecule has 1 aliphatic carbocycles. The number of benzene rings is 1. The molecule has 3 amide bonds. The summed E-state index contributed by atoms with van der Waals surface area (Å²) in [7, 11) is 0. The Balaban J connectivity index is 1.34. The van der Waals surface area contributed by atoms with E-state index in [0.717, 1.165) is 44.2 Å². The van der Waals surface area contributed by atoms with Crippen LogP contribution in [0, 0.1) is 18.8 Å². The Morgan fingerprint density at radius 2 is 1.92 bits per heavy atom. The third-order valence-corrected chi connectivity index (χ3v) is 7.53. The minimum absolute atomic E-state index is 0.0459. The number of nitrogens with zero attached hydrogens (tertiary/aromatic N) is 2. The van der Waals surface area contributed by atoms with Gasteiger partial charge < -0.3 is 15.5 Å². The van der Waals surface area contributed by atoms with Crippen molar-refractivity contribution in [3.63, 3.8) is 0 Å². The van der Waals surface area contributed by atoms with E-state index in [0.29, 0.717) is 31.0 Å². The molecule has 7 nitrogen and oxygen atoms in total. The van der Waals surface area contributed by atoms with Gasteiger partial charge in [0.1, 0.15) is 6.04 Å². The third-order valence-electron chi connectivity index (χ3n) is 7.53. The van der Waals surface area contributed by atoms with Crippen molar-refractivity contribution in [3.8, 4) is 0 Å². The number of aromatic nitrogens is 1. The van der Waals surface area contributed by atoms with E-state index < -0.39 is 6.04 Å². The topological polar surface area (TPSA) is 91.4 Å². The van der Waals surface area contributed by atoms with E-state index in [2.05, 4.69) is 21.7 Å². The number of rotatable bonds is 10. The highest BCUT2D eigenvalue weighted by Gasteiger charge is 2.46. The van der Waals surface area contributed by atoms with Gasteiger partial charge in [0.15, 0.2) is 0 Å². The van der Waals surface area contributed by atoms with Crippen LogP contribution in [0.2, 0.25) is 0 Å². The zero-order valence-corrected chi connectivity index (χ0v) is 21.4. The average Bonchev–Trinajstić information content (AvgIpc) is 2.92. The van der Waals surface area contributed by atoms with Gasteiger partial charge in [-0.1, -0.05) is 37.6 Å². The van der Waals surface area contributed by atoms with Gasteiger partial charge in [-0.15, -0.1) is 0 Å². The van der Waals surface area contributed by atoms with Crippen LogP contribution in [-0.2, 0) is 16.0 Å². The Bertz CT molecular complexity index is 1040. The van der Waals surface area contributed by atoms with Gasteiger partial charge in [0.2, 0.25) is 11.8 Å². The number of carbonyl (C=O) groups excluding carboxylic acids is 3. The summed E-state index contributed by atoms with van der Waals surface area (Å²) in [6.07, 6.45) is 7.70. The van der Waals surface area contributed by atoms with Crippen LogP contribution >= 0.6 is 0 Å². The van der Waals surface area contributed by atoms with Crippen LogP contribution in [0.4, 0.5) is 0 Å². The minimum atomic E-state index is -0.575. The van der Waals surface area contributed by atoms with Crippen LogP contribution < -0.4 is 10.6 Å². The molecule has 1 saturated carbocycles. The van der Waals surface area contributed by atoms with Gasteiger partial charge in [-0.3, -0.25) is 19.4 Å². The number of amides is 3. The zero-order valence-electron chi connectivity index (χ0n) is 21.4. The lowest BCUT2D eigenvalue weighted by molar-refractivity contribution is -0.148. The van der Waals surface area contributed by atoms with Crippen LogP contribution in [0.15, 0.2) is 48.7 Å². The Hall–Kier alpha value is -3.22. The minimum Gasteiger partial charge on any atom is -0.356 e. The number of hydrogen-bond donors (Lipinski definition) is 2. The Labute approximate surface area is 214 Å². The van der Waals surface area contributed by atoms with E-state index in [-0.39, 0.29) is 29.7 Å². The van der Waals surface area contributed by atoms with Gasteiger partial charge >= 0.3 is 0 Å². The fourth-order valence-corrected chi connectivity index (χ4v) is 5.59. The number of carbonyl (C=O) groups is 3. The summed E-state index contributed by atoms with van der Waals surface area (Å²) in [5, 5.41) is 6.08. The molecule has 0 unspecified atom stereocenters. The quantitative estimate of drug-likeness (QED) is 0.497.